The van der Waals surface area contributed by atoms with Gasteiger partial charge in [0.25, 0.3) is 0 Å². The molecule has 0 unspecified atom stereocenters. The molecule has 0 fully saturated rings. The number of rotatable bonds is 12. The molecule has 10 heteroatoms. The predicted molar refractivity (Wildman–Crippen MR) is 142 cm³/mol. The van der Waals surface area contributed by atoms with Crippen LogP contribution in [0.15, 0.2) is 5.38 Å². The number of thiazole rings is 1. The predicted octanol–water partition coefficient (Wildman–Crippen LogP) is 7.56. The first-order valence-corrected chi connectivity index (χ1v) is 16.2. The highest BCUT2D eigenvalue weighted by atomic mass is 35.5. The molecule has 1 rings (SSSR count). The van der Waals surface area contributed by atoms with Crippen LogP contribution < -0.4 is 0 Å². The summed E-state index contributed by atoms with van der Waals surface area (Å²) in [6.45, 7) is 18.4. The van der Waals surface area contributed by atoms with Crippen molar-refractivity contribution in [1.29, 1.82) is 0 Å². The minimum Gasteiger partial charge on any atom is -0.464 e. The monoisotopic (exact) mass is 553 g/mol. The molecular weight excluding hydrogens is 513 g/mol. The molecule has 0 spiro atoms. The summed E-state index contributed by atoms with van der Waals surface area (Å²) in [6, 6.07) is 0. The molecular formula is C24H41Cl2NO5SSi. The molecule has 0 aromatic carbocycles. The van der Waals surface area contributed by atoms with Crippen molar-refractivity contribution in [1.82, 2.24) is 4.98 Å². The number of carbonyl (C=O) groups excluding carboxylic acids is 2. The number of alkyl halides is 2. The van der Waals surface area contributed by atoms with E-state index in [1.165, 1.54) is 18.4 Å². The molecule has 0 aliphatic carbocycles. The van der Waals surface area contributed by atoms with Crippen LogP contribution >= 0.6 is 34.5 Å². The summed E-state index contributed by atoms with van der Waals surface area (Å²) >= 11 is 13.6. The molecule has 0 radical (unpaired) electrons. The molecule has 1 heterocycles. The number of hydrogen-bond acceptors (Lipinski definition) is 7. The quantitative estimate of drug-likeness (QED) is 0.151. The Hall–Kier alpha value is -0.673. The second-order valence-electron chi connectivity index (χ2n) is 10.8. The van der Waals surface area contributed by atoms with Crippen molar-refractivity contribution in [3.05, 3.63) is 16.1 Å². The average molecular weight is 555 g/mol. The molecule has 6 nitrogen and oxygen atoms in total. The number of ether oxygens (including phenoxy) is 2. The highest BCUT2D eigenvalue weighted by Crippen LogP contribution is 2.40. The molecule has 1 aromatic rings. The van der Waals surface area contributed by atoms with Gasteiger partial charge in [0.2, 0.25) is 0 Å². The highest BCUT2D eigenvalue weighted by molar-refractivity contribution is 7.09. The lowest BCUT2D eigenvalue weighted by molar-refractivity contribution is -0.160. The number of nitrogens with zero attached hydrogens (tertiary/aromatic N) is 1. The van der Waals surface area contributed by atoms with Crippen molar-refractivity contribution in [2.75, 3.05) is 7.11 Å². The Bertz CT molecular complexity index is 817. The van der Waals surface area contributed by atoms with Crippen LogP contribution in [0.3, 0.4) is 0 Å². The fourth-order valence-corrected chi connectivity index (χ4v) is 5.74. The van der Waals surface area contributed by atoms with E-state index in [0.29, 0.717) is 17.8 Å². The molecule has 0 aliphatic rings. The maximum Gasteiger partial charge on any atom is 0.357 e. The van der Waals surface area contributed by atoms with E-state index in [-0.39, 0.29) is 28.7 Å². The average Bonchev–Trinajstić information content (AvgIpc) is 3.17. The Morgan fingerprint density at radius 1 is 1.15 bits per heavy atom. The molecule has 0 amide bonds. The third-order valence-corrected chi connectivity index (χ3v) is 12.1. The number of carbonyl (C=O) groups is 2. The summed E-state index contributed by atoms with van der Waals surface area (Å²) in [4.78, 5) is 29.5. The zero-order valence-electron chi connectivity index (χ0n) is 22.2. The number of hydrogen-bond donors (Lipinski definition) is 0. The van der Waals surface area contributed by atoms with Gasteiger partial charge in [0.1, 0.15) is 9.34 Å². The lowest BCUT2D eigenvalue weighted by Crippen LogP contribution is -2.47. The van der Waals surface area contributed by atoms with Crippen molar-refractivity contribution in [2.45, 2.75) is 102 Å². The van der Waals surface area contributed by atoms with Gasteiger partial charge in [0.15, 0.2) is 20.1 Å². The van der Waals surface area contributed by atoms with Gasteiger partial charge in [0, 0.05) is 5.38 Å². The van der Waals surface area contributed by atoms with E-state index in [2.05, 4.69) is 38.8 Å². The topological polar surface area (TPSA) is 74.7 Å². The Kier molecular flexibility index (Phi) is 11.6. The van der Waals surface area contributed by atoms with Crippen molar-refractivity contribution in [3.8, 4) is 0 Å². The van der Waals surface area contributed by atoms with Crippen LogP contribution in [0.2, 0.25) is 18.1 Å². The first kappa shape index (κ1) is 31.4. The molecule has 196 valence electrons. The highest BCUT2D eigenvalue weighted by Gasteiger charge is 2.42. The third kappa shape index (κ3) is 9.41. The maximum absolute atomic E-state index is 13.3. The molecule has 0 saturated carbocycles. The molecule has 3 atom stereocenters. The fraction of sp³-hybridized carbons (Fsp3) is 0.792. The number of aromatic nitrogens is 1. The summed E-state index contributed by atoms with van der Waals surface area (Å²) in [5.41, 5.74) is 0.210. The lowest BCUT2D eigenvalue weighted by atomic mass is 9.98. The van der Waals surface area contributed by atoms with E-state index in [9.17, 15) is 9.59 Å². The Morgan fingerprint density at radius 2 is 1.74 bits per heavy atom. The van der Waals surface area contributed by atoms with Gasteiger partial charge >= 0.3 is 11.9 Å². The number of esters is 2. The van der Waals surface area contributed by atoms with Gasteiger partial charge < -0.3 is 13.9 Å². The Balaban J connectivity index is 3.08. The normalized spacial score (nSPS) is 15.7. The van der Waals surface area contributed by atoms with E-state index in [4.69, 9.17) is 37.1 Å². The van der Waals surface area contributed by atoms with Crippen LogP contribution in [0.25, 0.3) is 0 Å². The number of halogens is 2. The van der Waals surface area contributed by atoms with E-state index in [1.807, 2.05) is 20.8 Å². The zero-order valence-corrected chi connectivity index (χ0v) is 25.5. The standard InChI is InChI=1S/C24H41Cl2NO5SSi/c1-15(2)19(20-27-17(14-33-20)22(29)30-8)31-21(28)16(3)18(12-11-13-24(7,25)26)32-34(9,10)23(4,5)6/h14-16,18-19H,11-13H2,1-10H3/t16-,18+,19+/m1/s1. The largest absolute Gasteiger partial charge is 0.464 e. The summed E-state index contributed by atoms with van der Waals surface area (Å²) in [6.07, 6.45) is 1.08. The van der Waals surface area contributed by atoms with Crippen LogP contribution in [-0.2, 0) is 18.7 Å². The molecule has 0 N–H and O–H groups in total. The van der Waals surface area contributed by atoms with Crippen LogP contribution in [0.5, 0.6) is 0 Å². The second kappa shape index (κ2) is 12.5. The van der Waals surface area contributed by atoms with Gasteiger partial charge in [-0.2, -0.15) is 0 Å². The molecule has 0 aliphatic heterocycles. The van der Waals surface area contributed by atoms with Gasteiger partial charge in [-0.15, -0.1) is 34.5 Å². The van der Waals surface area contributed by atoms with Crippen LogP contribution in [0.1, 0.15) is 89.3 Å². The van der Waals surface area contributed by atoms with Gasteiger partial charge in [-0.1, -0.05) is 34.6 Å². The van der Waals surface area contributed by atoms with E-state index in [1.54, 1.807) is 12.3 Å². The molecule has 34 heavy (non-hydrogen) atoms. The fourth-order valence-electron chi connectivity index (χ4n) is 3.05. The van der Waals surface area contributed by atoms with Crippen molar-refractivity contribution in [3.63, 3.8) is 0 Å². The van der Waals surface area contributed by atoms with Gasteiger partial charge in [-0.05, 0) is 57.2 Å². The van der Waals surface area contributed by atoms with Gasteiger partial charge in [-0.3, -0.25) is 4.79 Å². The van der Waals surface area contributed by atoms with Crippen molar-refractivity contribution < 1.29 is 23.5 Å². The smallest absolute Gasteiger partial charge is 0.357 e. The van der Waals surface area contributed by atoms with Gasteiger partial charge in [-0.25, -0.2) is 9.78 Å². The first-order chi connectivity index (χ1) is 15.4. The molecule has 1 aromatic heterocycles. The summed E-state index contributed by atoms with van der Waals surface area (Å²) in [5.74, 6) is -1.39. The maximum atomic E-state index is 13.3. The lowest BCUT2D eigenvalue weighted by Gasteiger charge is -2.41. The molecule has 0 bridgehead atoms. The summed E-state index contributed by atoms with van der Waals surface area (Å²) in [7, 11) is -0.839. The van der Waals surface area contributed by atoms with Crippen LogP contribution in [-0.4, -0.2) is 42.8 Å². The SMILES string of the molecule is COC(=O)c1csc([C@@H](OC(=O)[C@H](C)[C@H](CCCC(C)(Cl)Cl)O[Si](C)(C)C(C)(C)C)C(C)C)n1. The van der Waals surface area contributed by atoms with Crippen LogP contribution in [0, 0.1) is 11.8 Å². The summed E-state index contributed by atoms with van der Waals surface area (Å²) < 4.78 is 16.5. The zero-order chi connectivity index (χ0) is 26.5. The Morgan fingerprint density at radius 3 is 2.21 bits per heavy atom. The summed E-state index contributed by atoms with van der Waals surface area (Å²) in [5, 5.41) is 2.18. The number of methoxy groups -OCH3 is 1. The van der Waals surface area contributed by atoms with E-state index >= 15 is 0 Å². The van der Waals surface area contributed by atoms with E-state index in [0.717, 1.165) is 6.42 Å². The van der Waals surface area contributed by atoms with Crippen LogP contribution in [0.4, 0.5) is 0 Å². The minimum absolute atomic E-state index is 0.00595. The first-order valence-electron chi connectivity index (χ1n) is 11.7. The van der Waals surface area contributed by atoms with Gasteiger partial charge in [0.05, 0.1) is 19.1 Å². The third-order valence-electron chi connectivity index (χ3n) is 6.29. The van der Waals surface area contributed by atoms with Crippen molar-refractivity contribution in [2.24, 2.45) is 11.8 Å². The Labute approximate surface area is 220 Å². The second-order valence-corrected chi connectivity index (χ2v) is 18.3. The van der Waals surface area contributed by atoms with Crippen molar-refractivity contribution >= 4 is 54.8 Å². The minimum atomic E-state index is -2.15. The van der Waals surface area contributed by atoms with E-state index < -0.39 is 30.6 Å². The molecule has 0 saturated heterocycles.